The molecule has 0 bridgehead atoms. The molecule has 118 valence electrons. The van der Waals surface area contributed by atoms with E-state index in [1.54, 1.807) is 0 Å². The first-order valence-corrected chi connectivity index (χ1v) is 8.82. The van der Waals surface area contributed by atoms with Crippen LogP contribution in [0.15, 0.2) is 36.4 Å². The molecule has 0 aliphatic rings. The molecule has 0 spiro atoms. The van der Waals surface area contributed by atoms with Crippen molar-refractivity contribution < 1.29 is 13.6 Å². The molecular weight excluding hydrogens is 295 g/mol. The van der Waals surface area contributed by atoms with Crippen LogP contribution in [0, 0.1) is 20.8 Å². The number of hydrogen-bond donors (Lipinski definition) is 0. The summed E-state index contributed by atoms with van der Waals surface area (Å²) in [6.07, 6.45) is 0.713. The van der Waals surface area contributed by atoms with Crippen molar-refractivity contribution in [1.29, 1.82) is 0 Å². The van der Waals surface area contributed by atoms with E-state index in [0.29, 0.717) is 11.7 Å². The highest BCUT2D eigenvalue weighted by Crippen LogP contribution is 2.46. The highest BCUT2D eigenvalue weighted by molar-refractivity contribution is 7.62. The normalized spacial score (nSPS) is 11.7. The van der Waals surface area contributed by atoms with Gasteiger partial charge < -0.3 is 9.05 Å². The van der Waals surface area contributed by atoms with Gasteiger partial charge in [-0.1, -0.05) is 35.9 Å². The van der Waals surface area contributed by atoms with E-state index in [1.165, 1.54) is 36.5 Å². The van der Waals surface area contributed by atoms with Crippen LogP contribution in [0.25, 0.3) is 0 Å². The Labute approximate surface area is 132 Å². The van der Waals surface area contributed by atoms with Gasteiger partial charge in [0.1, 0.15) is 0 Å². The molecule has 4 heteroatoms. The molecule has 0 atom stereocenters. The second-order valence-corrected chi connectivity index (χ2v) is 7.75. The first-order valence-electron chi connectivity index (χ1n) is 7.28. The Kier molecular flexibility index (Phi) is 5.23. The second-order valence-electron chi connectivity index (χ2n) is 5.55. The minimum absolute atomic E-state index is 0.638. The van der Waals surface area contributed by atoms with E-state index in [2.05, 4.69) is 32.9 Å². The summed E-state index contributed by atoms with van der Waals surface area (Å²) in [6, 6.07) is 12.0. The Bertz CT molecular complexity index is 691. The molecule has 0 unspecified atom stereocenters. The van der Waals surface area contributed by atoms with Crippen LogP contribution in [0.2, 0.25) is 0 Å². The predicted molar refractivity (Wildman–Crippen MR) is 91.2 cm³/mol. The Hall–Kier alpha value is -1.41. The Morgan fingerprint density at radius 1 is 0.955 bits per heavy atom. The molecule has 3 nitrogen and oxygen atoms in total. The van der Waals surface area contributed by atoms with E-state index in [4.69, 9.17) is 9.05 Å². The van der Waals surface area contributed by atoms with Crippen molar-refractivity contribution in [3.8, 4) is 0 Å². The molecule has 0 saturated carbocycles. The largest absolute Gasteiger partial charge is 0.361 e. The number of benzene rings is 2. The Morgan fingerprint density at radius 2 is 1.50 bits per heavy atom. The van der Waals surface area contributed by atoms with Crippen molar-refractivity contribution in [2.75, 3.05) is 14.2 Å². The zero-order valence-electron chi connectivity index (χ0n) is 13.8. The lowest BCUT2D eigenvalue weighted by Gasteiger charge is -2.19. The molecule has 22 heavy (non-hydrogen) atoms. The van der Waals surface area contributed by atoms with Crippen molar-refractivity contribution in [3.63, 3.8) is 0 Å². The molecule has 0 aliphatic carbocycles. The van der Waals surface area contributed by atoms with E-state index < -0.39 is 7.60 Å². The van der Waals surface area contributed by atoms with Gasteiger partial charge in [-0.15, -0.1) is 0 Å². The van der Waals surface area contributed by atoms with E-state index >= 15 is 0 Å². The lowest BCUT2D eigenvalue weighted by Crippen LogP contribution is -2.14. The molecule has 2 aromatic carbocycles. The van der Waals surface area contributed by atoms with Crippen molar-refractivity contribution in [2.24, 2.45) is 0 Å². The summed E-state index contributed by atoms with van der Waals surface area (Å²) in [5.41, 5.74) is 5.99. The highest BCUT2D eigenvalue weighted by Gasteiger charge is 2.27. The lowest BCUT2D eigenvalue weighted by molar-refractivity contribution is 0.287. The van der Waals surface area contributed by atoms with Crippen molar-refractivity contribution in [2.45, 2.75) is 27.2 Å². The van der Waals surface area contributed by atoms with Gasteiger partial charge in [0.25, 0.3) is 0 Å². The number of hydrogen-bond acceptors (Lipinski definition) is 3. The van der Waals surface area contributed by atoms with Crippen LogP contribution in [-0.4, -0.2) is 14.2 Å². The topological polar surface area (TPSA) is 35.5 Å². The molecule has 0 amide bonds. The fourth-order valence-corrected chi connectivity index (χ4v) is 4.19. The van der Waals surface area contributed by atoms with Crippen LogP contribution in [0.5, 0.6) is 0 Å². The second kappa shape index (κ2) is 6.78. The highest BCUT2D eigenvalue weighted by atomic mass is 31.2. The summed E-state index contributed by atoms with van der Waals surface area (Å²) in [5, 5.41) is 0.638. The fraction of sp³-hybridized carbons (Fsp3) is 0.333. The molecule has 2 aromatic rings. The van der Waals surface area contributed by atoms with Gasteiger partial charge >= 0.3 is 7.60 Å². The molecule has 0 N–H and O–H groups in total. The fourth-order valence-electron chi connectivity index (χ4n) is 2.88. The Morgan fingerprint density at radius 3 is 2.05 bits per heavy atom. The number of rotatable bonds is 5. The number of aryl methyl sites for hydroxylation is 3. The molecule has 0 aromatic heterocycles. The molecule has 0 heterocycles. The molecule has 2 rings (SSSR count). The lowest BCUT2D eigenvalue weighted by atomic mass is 9.94. The van der Waals surface area contributed by atoms with Gasteiger partial charge in [-0.25, -0.2) is 0 Å². The maximum atomic E-state index is 12.7. The zero-order valence-corrected chi connectivity index (χ0v) is 14.7. The van der Waals surface area contributed by atoms with E-state index in [1.807, 2.05) is 24.3 Å². The maximum Gasteiger partial charge on any atom is 0.361 e. The predicted octanol–water partition coefficient (Wildman–Crippen LogP) is 4.31. The van der Waals surface area contributed by atoms with Crippen LogP contribution >= 0.6 is 7.60 Å². The minimum Gasteiger partial charge on any atom is -0.309 e. The summed E-state index contributed by atoms with van der Waals surface area (Å²) in [4.78, 5) is 0. The first kappa shape index (κ1) is 17.0. The van der Waals surface area contributed by atoms with Crippen LogP contribution < -0.4 is 5.30 Å². The monoisotopic (exact) mass is 318 g/mol. The van der Waals surface area contributed by atoms with Gasteiger partial charge in [0.05, 0.1) is 5.30 Å². The third-order valence-electron chi connectivity index (χ3n) is 3.97. The SMILES string of the molecule is COP(=O)(OC)c1ccccc1Cc1c(C)cc(C)cc1C. The van der Waals surface area contributed by atoms with Gasteiger partial charge in [-0.3, -0.25) is 4.57 Å². The van der Waals surface area contributed by atoms with E-state index in [-0.39, 0.29) is 0 Å². The van der Waals surface area contributed by atoms with Gasteiger partial charge in [0.15, 0.2) is 0 Å². The average Bonchev–Trinajstić information content (AvgIpc) is 2.50. The van der Waals surface area contributed by atoms with Crippen LogP contribution in [0.1, 0.15) is 27.8 Å². The van der Waals surface area contributed by atoms with Crippen LogP contribution in [-0.2, 0) is 20.0 Å². The first-order chi connectivity index (χ1) is 10.4. The Balaban J connectivity index is 2.50. The summed E-state index contributed by atoms with van der Waals surface area (Å²) < 4.78 is 23.1. The molecule has 0 radical (unpaired) electrons. The third kappa shape index (κ3) is 3.33. The summed E-state index contributed by atoms with van der Waals surface area (Å²) >= 11 is 0. The molecule has 0 saturated heterocycles. The van der Waals surface area contributed by atoms with E-state index in [0.717, 1.165) is 5.56 Å². The average molecular weight is 318 g/mol. The van der Waals surface area contributed by atoms with Gasteiger partial charge in [0.2, 0.25) is 0 Å². The summed E-state index contributed by atoms with van der Waals surface area (Å²) in [6.45, 7) is 6.33. The minimum atomic E-state index is -3.25. The van der Waals surface area contributed by atoms with Crippen molar-refractivity contribution in [1.82, 2.24) is 0 Å². The van der Waals surface area contributed by atoms with Crippen molar-refractivity contribution >= 4 is 12.9 Å². The third-order valence-corrected chi connectivity index (χ3v) is 5.96. The smallest absolute Gasteiger partial charge is 0.309 e. The van der Waals surface area contributed by atoms with Crippen LogP contribution in [0.3, 0.4) is 0 Å². The summed E-state index contributed by atoms with van der Waals surface area (Å²) in [5.74, 6) is 0. The standard InChI is InChI=1S/C18H23O3P/c1-13-10-14(2)17(15(3)11-13)12-16-8-6-7-9-18(16)22(19,20-4)21-5/h6-11H,12H2,1-5H3. The quantitative estimate of drug-likeness (QED) is 0.771. The van der Waals surface area contributed by atoms with Gasteiger partial charge in [0, 0.05) is 14.2 Å². The van der Waals surface area contributed by atoms with E-state index in [9.17, 15) is 4.57 Å². The zero-order chi connectivity index (χ0) is 16.3. The molecule has 0 fully saturated rings. The van der Waals surface area contributed by atoms with Crippen molar-refractivity contribution in [3.05, 3.63) is 64.2 Å². The van der Waals surface area contributed by atoms with Gasteiger partial charge in [-0.2, -0.15) is 0 Å². The maximum absolute atomic E-state index is 12.7. The molecule has 0 aliphatic heterocycles. The summed E-state index contributed by atoms with van der Waals surface area (Å²) in [7, 11) is -0.408. The molecular formula is C18H23O3P. The van der Waals surface area contributed by atoms with Crippen LogP contribution in [0.4, 0.5) is 0 Å². The van der Waals surface area contributed by atoms with Gasteiger partial charge in [-0.05, 0) is 55.5 Å².